The molecular formula is C26H36FeP2-10. The van der Waals surface area contributed by atoms with Crippen LogP contribution in [0.5, 0.6) is 0 Å². The van der Waals surface area contributed by atoms with Crippen molar-refractivity contribution in [3.63, 3.8) is 0 Å². The quantitative estimate of drug-likeness (QED) is 0.265. The molecule has 0 amide bonds. The summed E-state index contributed by atoms with van der Waals surface area (Å²) in [6, 6.07) is 24.0. The van der Waals surface area contributed by atoms with Gasteiger partial charge in [0.2, 0.25) is 0 Å². The first-order chi connectivity index (χ1) is 12.5. The molecule has 0 radical (unpaired) electrons. The van der Waals surface area contributed by atoms with E-state index in [-0.39, 0.29) is 53.5 Å². The van der Waals surface area contributed by atoms with Crippen LogP contribution in [0.4, 0.5) is 0 Å². The van der Waals surface area contributed by atoms with E-state index in [1.54, 1.807) is 0 Å². The molecule has 0 aliphatic heterocycles. The summed E-state index contributed by atoms with van der Waals surface area (Å²) in [5.41, 5.74) is 0. The maximum Gasteiger partial charge on any atom is 0 e. The van der Waals surface area contributed by atoms with E-state index in [0.29, 0.717) is 0 Å². The minimum Gasteiger partial charge on any atom is -0.998 e. The maximum absolute atomic E-state index is 3.14. The van der Waals surface area contributed by atoms with Crippen LogP contribution in [0.25, 0.3) is 0 Å². The molecule has 2 rings (SSSR count). The summed E-state index contributed by atoms with van der Waals surface area (Å²) in [6.07, 6.45) is 0. The van der Waals surface area contributed by atoms with Crippen molar-refractivity contribution in [2.75, 3.05) is 0 Å². The van der Waals surface area contributed by atoms with Crippen LogP contribution in [-0.2, 0) is 17.1 Å². The Morgan fingerprint density at radius 1 is 0.414 bits per heavy atom. The molecule has 0 saturated carbocycles. The molecule has 2 aromatic carbocycles. The van der Waals surface area contributed by atoms with Crippen molar-refractivity contribution in [3.05, 3.63) is 48.5 Å². The van der Waals surface area contributed by atoms with Gasteiger partial charge >= 0.3 is 0 Å². The van der Waals surface area contributed by atoms with E-state index in [9.17, 15) is 0 Å². The Bertz CT molecular complexity index is 579. The van der Waals surface area contributed by atoms with Gasteiger partial charge in [0.25, 0.3) is 0 Å². The van der Waals surface area contributed by atoms with E-state index in [4.69, 9.17) is 0 Å². The van der Waals surface area contributed by atoms with Crippen molar-refractivity contribution >= 4 is 26.5 Å². The SMILES string of the molecule is CC(C)(C)P([c-]1[c-][c-][c-][c-]1)C(C)(C)C.CC(C)(C)P([c-]1[c-][c-][c-][c-]1)C(C)(C)C.[Fe]. The molecular weight excluding hydrogens is 430 g/mol. The monoisotopic (exact) mass is 466 g/mol. The number of hydrogen-bond acceptors (Lipinski definition) is 0. The van der Waals surface area contributed by atoms with Crippen LogP contribution in [0.2, 0.25) is 0 Å². The second-order valence-corrected chi connectivity index (χ2v) is 18.7. The average molecular weight is 466 g/mol. The molecule has 0 N–H and O–H groups in total. The molecule has 0 aliphatic rings. The summed E-state index contributed by atoms with van der Waals surface area (Å²) >= 11 is 0. The second-order valence-electron chi connectivity index (χ2n) is 11.1. The third-order valence-corrected chi connectivity index (χ3v) is 10.7. The third kappa shape index (κ3) is 8.99. The van der Waals surface area contributed by atoms with Crippen molar-refractivity contribution in [2.45, 2.75) is 104 Å². The minimum absolute atomic E-state index is 0. The number of hydrogen-bond donors (Lipinski definition) is 0. The molecule has 0 aliphatic carbocycles. The molecule has 0 unspecified atom stereocenters. The average Bonchev–Trinajstić information content (AvgIpc) is 3.06. The summed E-state index contributed by atoms with van der Waals surface area (Å²) in [5.74, 6) is 0. The van der Waals surface area contributed by atoms with Crippen molar-refractivity contribution in [1.29, 1.82) is 0 Å². The van der Waals surface area contributed by atoms with E-state index in [1.165, 1.54) is 10.6 Å². The zero-order chi connectivity index (χ0) is 22.0. The van der Waals surface area contributed by atoms with Crippen LogP contribution in [0, 0.1) is 48.5 Å². The first-order valence-corrected chi connectivity index (χ1v) is 12.5. The van der Waals surface area contributed by atoms with Crippen LogP contribution < -0.4 is 10.6 Å². The molecule has 0 aromatic heterocycles. The van der Waals surface area contributed by atoms with E-state index < -0.39 is 0 Å². The topological polar surface area (TPSA) is 0 Å². The van der Waals surface area contributed by atoms with Gasteiger partial charge in [0.15, 0.2) is 0 Å². The van der Waals surface area contributed by atoms with Gasteiger partial charge < -0.3 is 59.1 Å². The van der Waals surface area contributed by atoms with Gasteiger partial charge in [-0.2, -0.15) is 0 Å². The predicted molar refractivity (Wildman–Crippen MR) is 127 cm³/mol. The van der Waals surface area contributed by atoms with E-state index in [0.717, 1.165) is 0 Å². The van der Waals surface area contributed by atoms with Gasteiger partial charge in [-0.05, 0) is 20.6 Å². The minimum atomic E-state index is -0.274. The molecule has 0 bridgehead atoms. The standard InChI is InChI=1S/2C13H18P.Fe/c2*1-12(2,3)14(13(4,5)6)11-9-7-8-10-11;/h2*1-6H3;/q2*-5;. The molecule has 3 heteroatoms. The summed E-state index contributed by atoms with van der Waals surface area (Å²) in [7, 11) is -0.549. The molecule has 168 valence electrons. The summed E-state index contributed by atoms with van der Waals surface area (Å²) in [6.45, 7) is 27.5. The van der Waals surface area contributed by atoms with Crippen molar-refractivity contribution < 1.29 is 17.1 Å². The van der Waals surface area contributed by atoms with Crippen molar-refractivity contribution in [3.8, 4) is 0 Å². The van der Waals surface area contributed by atoms with Crippen LogP contribution in [0.3, 0.4) is 0 Å². The molecule has 0 atom stereocenters. The second kappa shape index (κ2) is 10.6. The van der Waals surface area contributed by atoms with Crippen LogP contribution >= 0.6 is 15.8 Å². The smallest absolute Gasteiger partial charge is 0 e. The van der Waals surface area contributed by atoms with Crippen LogP contribution in [0.15, 0.2) is 0 Å². The Hall–Kier alpha value is 0.0795. The van der Waals surface area contributed by atoms with Gasteiger partial charge in [0, 0.05) is 17.1 Å². The fraction of sp³-hybridized carbons (Fsp3) is 0.615. The van der Waals surface area contributed by atoms with Gasteiger partial charge in [0.05, 0.1) is 0 Å². The van der Waals surface area contributed by atoms with Gasteiger partial charge in [-0.1, -0.05) is 83.1 Å². The molecule has 0 spiro atoms. The zero-order valence-corrected chi connectivity index (χ0v) is 23.1. The first kappa shape index (κ1) is 29.1. The Morgan fingerprint density at radius 2 is 0.586 bits per heavy atom. The molecule has 0 saturated heterocycles. The van der Waals surface area contributed by atoms with E-state index in [2.05, 4.69) is 132 Å². The summed E-state index contributed by atoms with van der Waals surface area (Å²) < 4.78 is 0. The largest absolute Gasteiger partial charge is 0.998 e. The van der Waals surface area contributed by atoms with Gasteiger partial charge in [-0.3, -0.25) is 15.8 Å². The van der Waals surface area contributed by atoms with E-state index >= 15 is 0 Å². The van der Waals surface area contributed by atoms with Crippen LogP contribution in [0.1, 0.15) is 83.1 Å². The first-order valence-electron chi connectivity index (χ1n) is 9.84. The Balaban J connectivity index is 0.000000523. The Morgan fingerprint density at radius 3 is 0.724 bits per heavy atom. The number of rotatable bonds is 2. The van der Waals surface area contributed by atoms with Crippen LogP contribution in [-0.4, -0.2) is 20.6 Å². The summed E-state index contributed by atoms with van der Waals surface area (Å²) in [5, 5.41) is 3.51. The third-order valence-electron chi connectivity index (χ3n) is 3.98. The van der Waals surface area contributed by atoms with Crippen molar-refractivity contribution in [1.82, 2.24) is 0 Å². The van der Waals surface area contributed by atoms with Crippen molar-refractivity contribution in [2.24, 2.45) is 0 Å². The van der Waals surface area contributed by atoms with Gasteiger partial charge in [-0.15, -0.1) is 0 Å². The fourth-order valence-corrected chi connectivity index (χ4v) is 11.4. The van der Waals surface area contributed by atoms with Gasteiger partial charge in [0.1, 0.15) is 0 Å². The Labute approximate surface area is 195 Å². The molecule has 0 nitrogen and oxygen atoms in total. The molecule has 0 heterocycles. The zero-order valence-electron chi connectivity index (χ0n) is 20.2. The fourth-order valence-electron chi connectivity index (χ4n) is 4.00. The van der Waals surface area contributed by atoms with E-state index in [1.807, 2.05) is 0 Å². The predicted octanol–water partition coefficient (Wildman–Crippen LogP) is 6.62. The Kier molecular flexibility index (Phi) is 10.6. The molecule has 0 fully saturated rings. The summed E-state index contributed by atoms with van der Waals surface area (Å²) in [4.78, 5) is 0. The van der Waals surface area contributed by atoms with Gasteiger partial charge in [-0.25, -0.2) is 0 Å². The maximum atomic E-state index is 3.14. The molecule has 29 heavy (non-hydrogen) atoms. The normalized spacial score (nSPS) is 13.2. The molecule has 2 aromatic rings.